The van der Waals surface area contributed by atoms with Crippen LogP contribution in [0.5, 0.6) is 0 Å². The van der Waals surface area contributed by atoms with Crippen LogP contribution in [0.4, 0.5) is 0 Å². The van der Waals surface area contributed by atoms with E-state index in [1.54, 1.807) is 24.7 Å². The second-order valence-corrected chi connectivity index (χ2v) is 4.50. The molecule has 0 spiro atoms. The van der Waals surface area contributed by atoms with E-state index < -0.39 is 0 Å². The summed E-state index contributed by atoms with van der Waals surface area (Å²) in [6.07, 6.45) is 6.33. The Kier molecular flexibility index (Phi) is 2.97. The van der Waals surface area contributed by atoms with Gasteiger partial charge in [-0.05, 0) is 11.5 Å². The van der Waals surface area contributed by atoms with E-state index in [9.17, 15) is 4.79 Å². The molecule has 0 aliphatic heterocycles. The zero-order valence-corrected chi connectivity index (χ0v) is 10.6. The van der Waals surface area contributed by atoms with Gasteiger partial charge in [0.25, 0.3) is 0 Å². The zero-order valence-electron chi connectivity index (χ0n) is 9.88. The number of hydrogen-bond acceptors (Lipinski definition) is 3. The highest BCUT2D eigenvalue weighted by molar-refractivity contribution is 6.35. The van der Waals surface area contributed by atoms with Crippen LogP contribution < -0.4 is 0 Å². The molecule has 0 aliphatic rings. The number of hydrogen-bond donors (Lipinski definition) is 0. The lowest BCUT2D eigenvalue weighted by Gasteiger charge is -2.06. The van der Waals surface area contributed by atoms with Crippen molar-refractivity contribution in [2.45, 2.75) is 0 Å². The van der Waals surface area contributed by atoms with Gasteiger partial charge in [-0.2, -0.15) is 0 Å². The third-order valence-corrected chi connectivity index (χ3v) is 3.23. The molecule has 0 saturated carbocycles. The lowest BCUT2D eigenvalue weighted by molar-refractivity contribution is 0.104. The van der Waals surface area contributed by atoms with Crippen LogP contribution in [0.15, 0.2) is 55.1 Å². The molecule has 0 fully saturated rings. The van der Waals surface area contributed by atoms with Crippen molar-refractivity contribution in [2.24, 2.45) is 0 Å². The van der Waals surface area contributed by atoms with Gasteiger partial charge in [0, 0.05) is 41.3 Å². The first-order chi connectivity index (χ1) is 9.27. The molecule has 3 nitrogen and oxygen atoms in total. The molecular weight excluding hydrogens is 260 g/mol. The number of benzene rings is 1. The van der Waals surface area contributed by atoms with Gasteiger partial charge in [0.15, 0.2) is 5.78 Å². The number of carbonyl (C=O) groups excluding carboxylic acids is 1. The van der Waals surface area contributed by atoms with E-state index >= 15 is 0 Å². The Bertz CT molecular complexity index is 765. The fraction of sp³-hybridized carbons (Fsp3) is 0. The molecule has 0 atom stereocenters. The van der Waals surface area contributed by atoms with Crippen LogP contribution in [0.3, 0.4) is 0 Å². The fourth-order valence-corrected chi connectivity index (χ4v) is 2.21. The van der Waals surface area contributed by atoms with Crippen LogP contribution in [0.2, 0.25) is 5.02 Å². The van der Waals surface area contributed by atoms with Gasteiger partial charge in [0.1, 0.15) is 0 Å². The molecule has 0 radical (unpaired) electrons. The second kappa shape index (κ2) is 4.78. The molecule has 2 heterocycles. The van der Waals surface area contributed by atoms with Crippen LogP contribution >= 0.6 is 11.6 Å². The monoisotopic (exact) mass is 268 g/mol. The van der Waals surface area contributed by atoms with Crippen molar-refractivity contribution in [3.63, 3.8) is 0 Å². The largest absolute Gasteiger partial charge is 0.288 e. The van der Waals surface area contributed by atoms with Gasteiger partial charge in [0.05, 0.1) is 5.02 Å². The van der Waals surface area contributed by atoms with E-state index in [-0.39, 0.29) is 5.78 Å². The Labute approximate surface area is 114 Å². The number of rotatable bonds is 2. The number of carbonyl (C=O) groups is 1. The predicted molar refractivity (Wildman–Crippen MR) is 74.4 cm³/mol. The topological polar surface area (TPSA) is 42.9 Å². The summed E-state index contributed by atoms with van der Waals surface area (Å²) in [7, 11) is 0. The van der Waals surface area contributed by atoms with Crippen molar-refractivity contribution in [1.29, 1.82) is 0 Å². The number of aromatic nitrogens is 2. The number of ketones is 1. The number of nitrogens with zero attached hydrogens (tertiary/aromatic N) is 2. The molecular formula is C15H9ClN2O. The quantitative estimate of drug-likeness (QED) is 0.668. The molecule has 1 aromatic carbocycles. The summed E-state index contributed by atoms with van der Waals surface area (Å²) in [5.41, 5.74) is 0.987. The third-order valence-electron chi connectivity index (χ3n) is 2.93. The summed E-state index contributed by atoms with van der Waals surface area (Å²) in [6.45, 7) is 0. The summed E-state index contributed by atoms with van der Waals surface area (Å²) in [4.78, 5) is 20.5. The predicted octanol–water partition coefficient (Wildman–Crippen LogP) is 3.51. The smallest absolute Gasteiger partial charge is 0.196 e. The zero-order chi connectivity index (χ0) is 13.2. The van der Waals surface area contributed by atoms with Gasteiger partial charge in [-0.25, -0.2) is 0 Å². The standard InChI is InChI=1S/C15H9ClN2O/c16-14-9-17-6-5-12(14)15(19)13-8-18-7-10-3-1-2-4-11(10)13/h1-9H. The fourth-order valence-electron chi connectivity index (χ4n) is 2.00. The van der Waals surface area contributed by atoms with Gasteiger partial charge >= 0.3 is 0 Å². The Morgan fingerprint density at radius 1 is 0.947 bits per heavy atom. The van der Waals surface area contributed by atoms with E-state index in [4.69, 9.17) is 11.6 Å². The van der Waals surface area contributed by atoms with Gasteiger partial charge in [-0.3, -0.25) is 14.8 Å². The average molecular weight is 269 g/mol. The van der Waals surface area contributed by atoms with Crippen LogP contribution in [0.25, 0.3) is 10.8 Å². The Morgan fingerprint density at radius 3 is 2.63 bits per heavy atom. The molecule has 0 N–H and O–H groups in total. The molecule has 0 bridgehead atoms. The summed E-state index contributed by atoms with van der Waals surface area (Å²) < 4.78 is 0. The summed E-state index contributed by atoms with van der Waals surface area (Å²) in [6, 6.07) is 9.25. The van der Waals surface area contributed by atoms with E-state index in [1.807, 2.05) is 24.3 Å². The molecule has 0 amide bonds. The number of pyridine rings is 2. The molecule has 3 rings (SSSR count). The van der Waals surface area contributed by atoms with E-state index in [1.165, 1.54) is 6.20 Å². The highest BCUT2D eigenvalue weighted by Crippen LogP contribution is 2.23. The minimum atomic E-state index is -0.142. The summed E-state index contributed by atoms with van der Waals surface area (Å²) >= 11 is 6.02. The van der Waals surface area contributed by atoms with Crippen molar-refractivity contribution >= 4 is 28.2 Å². The van der Waals surface area contributed by atoms with Crippen LogP contribution in [0, 0.1) is 0 Å². The summed E-state index contributed by atoms with van der Waals surface area (Å²) in [5.74, 6) is -0.142. The molecule has 0 unspecified atom stereocenters. The Morgan fingerprint density at radius 2 is 1.79 bits per heavy atom. The first kappa shape index (κ1) is 11.8. The molecule has 92 valence electrons. The number of fused-ring (bicyclic) bond motifs is 1. The lowest BCUT2D eigenvalue weighted by Crippen LogP contribution is -2.04. The SMILES string of the molecule is O=C(c1ccncc1Cl)c1cncc2ccccc12. The maximum atomic E-state index is 12.5. The van der Waals surface area contributed by atoms with E-state index in [0.29, 0.717) is 16.1 Å². The first-order valence-corrected chi connectivity index (χ1v) is 6.12. The van der Waals surface area contributed by atoms with Gasteiger partial charge in [-0.1, -0.05) is 35.9 Å². The van der Waals surface area contributed by atoms with Gasteiger partial charge in [0.2, 0.25) is 0 Å². The lowest BCUT2D eigenvalue weighted by atomic mass is 10.0. The van der Waals surface area contributed by atoms with Gasteiger partial charge < -0.3 is 0 Å². The van der Waals surface area contributed by atoms with Crippen LogP contribution in [-0.2, 0) is 0 Å². The molecule has 3 aromatic rings. The number of halogens is 1. The third kappa shape index (κ3) is 2.09. The maximum absolute atomic E-state index is 12.5. The minimum absolute atomic E-state index is 0.142. The van der Waals surface area contributed by atoms with Gasteiger partial charge in [-0.15, -0.1) is 0 Å². The minimum Gasteiger partial charge on any atom is -0.288 e. The van der Waals surface area contributed by atoms with Crippen LogP contribution in [-0.4, -0.2) is 15.8 Å². The van der Waals surface area contributed by atoms with Crippen molar-refractivity contribution in [2.75, 3.05) is 0 Å². The Hall–Kier alpha value is -2.26. The van der Waals surface area contributed by atoms with E-state index in [0.717, 1.165) is 10.8 Å². The molecule has 2 aromatic heterocycles. The molecule has 0 aliphatic carbocycles. The van der Waals surface area contributed by atoms with E-state index in [2.05, 4.69) is 9.97 Å². The molecule has 19 heavy (non-hydrogen) atoms. The highest BCUT2D eigenvalue weighted by atomic mass is 35.5. The average Bonchev–Trinajstić information content (AvgIpc) is 2.46. The first-order valence-electron chi connectivity index (χ1n) is 5.74. The molecule has 0 saturated heterocycles. The highest BCUT2D eigenvalue weighted by Gasteiger charge is 2.15. The molecule has 4 heteroatoms. The van der Waals surface area contributed by atoms with Crippen molar-refractivity contribution in [3.05, 3.63) is 71.3 Å². The normalized spacial score (nSPS) is 10.6. The van der Waals surface area contributed by atoms with Crippen LogP contribution in [0.1, 0.15) is 15.9 Å². The maximum Gasteiger partial charge on any atom is 0.196 e. The van der Waals surface area contributed by atoms with Crippen molar-refractivity contribution in [3.8, 4) is 0 Å². The van der Waals surface area contributed by atoms with Crippen molar-refractivity contribution in [1.82, 2.24) is 9.97 Å². The Balaban J connectivity index is 2.20. The summed E-state index contributed by atoms with van der Waals surface area (Å²) in [5, 5.41) is 2.15. The van der Waals surface area contributed by atoms with Crippen molar-refractivity contribution < 1.29 is 4.79 Å². The second-order valence-electron chi connectivity index (χ2n) is 4.09.